The van der Waals surface area contributed by atoms with Crippen LogP contribution >= 0.6 is 35.0 Å². The number of methoxy groups -OCH3 is 3. The van der Waals surface area contributed by atoms with Gasteiger partial charge in [0.2, 0.25) is 0 Å². The molecule has 0 saturated heterocycles. The largest absolute Gasteiger partial charge is 1.00 e. The summed E-state index contributed by atoms with van der Waals surface area (Å²) in [6, 6.07) is 0. The number of hydrogen-bond acceptors (Lipinski definition) is 15. The summed E-state index contributed by atoms with van der Waals surface area (Å²) in [6.07, 6.45) is 21.1. The van der Waals surface area contributed by atoms with E-state index in [1.165, 1.54) is 53.4 Å². The SMILES string of the molecule is COC(=O)C1(S(=O)(=O)C2CCCCC2)CC1.COC(=O)CS(=O)(=O)C1CCCCC1.COC(=O)CSC1CCCCC1.ClCCl.O=C(O)C1(S(=O)(=O)C2CCCCC2)CC1.[Li+].[OH-]. The molecule has 0 spiro atoms. The van der Waals surface area contributed by atoms with Gasteiger partial charge in [0.15, 0.2) is 39.0 Å². The van der Waals surface area contributed by atoms with Crippen LogP contribution < -0.4 is 18.9 Å². The van der Waals surface area contributed by atoms with Crippen LogP contribution in [-0.2, 0) is 62.9 Å². The average Bonchev–Trinajstić information content (AvgIpc) is 4.20. The molecule has 0 aliphatic heterocycles. The molecule has 0 aromatic heterocycles. The number of thioether (sulfide) groups is 1. The summed E-state index contributed by atoms with van der Waals surface area (Å²) in [4.78, 5) is 44.3. The van der Waals surface area contributed by atoms with Gasteiger partial charge in [-0.1, -0.05) is 77.0 Å². The van der Waals surface area contributed by atoms with Gasteiger partial charge < -0.3 is 24.8 Å². The molecule has 0 atom stereocenters. The van der Waals surface area contributed by atoms with Crippen molar-refractivity contribution >= 4 is 88.4 Å². The number of carbonyl (C=O) groups is 4. The Morgan fingerprint density at radius 1 is 0.565 bits per heavy atom. The Bertz CT molecular complexity index is 1680. The maximum Gasteiger partial charge on any atom is 1.00 e. The van der Waals surface area contributed by atoms with Gasteiger partial charge in [-0.25, -0.2) is 25.3 Å². The maximum atomic E-state index is 12.4. The van der Waals surface area contributed by atoms with E-state index in [0.29, 0.717) is 75.2 Å². The normalized spacial score (nSPS) is 21.1. The zero-order chi connectivity index (χ0) is 45.0. The van der Waals surface area contributed by atoms with Crippen LogP contribution in [0.4, 0.5) is 0 Å². The summed E-state index contributed by atoms with van der Waals surface area (Å²) in [6.45, 7) is 0. The summed E-state index contributed by atoms with van der Waals surface area (Å²) >= 11 is 11.3. The molecule has 6 fully saturated rings. The quantitative estimate of drug-likeness (QED) is 0.125. The summed E-state index contributed by atoms with van der Waals surface area (Å²) in [5.41, 5.74) is 0. The van der Waals surface area contributed by atoms with Crippen LogP contribution in [0.25, 0.3) is 0 Å². The van der Waals surface area contributed by atoms with Crippen molar-refractivity contribution in [3.8, 4) is 0 Å². The van der Waals surface area contributed by atoms with E-state index < -0.39 is 67.9 Å². The molecule has 358 valence electrons. The third-order valence-electron chi connectivity index (χ3n) is 12.3. The Morgan fingerprint density at radius 3 is 1.23 bits per heavy atom. The van der Waals surface area contributed by atoms with E-state index in [1.807, 2.05) is 0 Å². The number of carbonyl (C=O) groups excluding carboxylic acids is 3. The second-order valence-electron chi connectivity index (χ2n) is 16.3. The molecule has 15 nitrogen and oxygen atoms in total. The van der Waals surface area contributed by atoms with Crippen molar-refractivity contribution in [2.75, 3.05) is 38.2 Å². The molecule has 6 saturated carbocycles. The second-order valence-corrected chi connectivity index (χ2v) is 25.7. The van der Waals surface area contributed by atoms with Crippen LogP contribution in [0, 0.1) is 0 Å². The maximum absolute atomic E-state index is 12.4. The van der Waals surface area contributed by atoms with Crippen LogP contribution in [0.1, 0.15) is 154 Å². The molecule has 62 heavy (non-hydrogen) atoms. The zero-order valence-corrected chi connectivity index (χ0v) is 41.8. The summed E-state index contributed by atoms with van der Waals surface area (Å²) in [5.74, 6) is -2.39. The molecule has 6 rings (SSSR count). The topological polar surface area (TPSA) is 249 Å². The minimum atomic E-state index is -3.45. The molecule has 6 aliphatic carbocycles. The predicted molar refractivity (Wildman–Crippen MR) is 238 cm³/mol. The van der Waals surface area contributed by atoms with Crippen molar-refractivity contribution in [1.29, 1.82) is 0 Å². The minimum Gasteiger partial charge on any atom is -0.870 e. The number of rotatable bonds is 12. The van der Waals surface area contributed by atoms with Crippen LogP contribution in [0.15, 0.2) is 0 Å². The molecule has 6 aliphatic rings. The van der Waals surface area contributed by atoms with Gasteiger partial charge in [-0.2, -0.15) is 0 Å². The molecule has 0 aromatic rings. The molecule has 0 aromatic carbocycles. The first kappa shape index (κ1) is 61.2. The van der Waals surface area contributed by atoms with Gasteiger partial charge in [0, 0.05) is 5.25 Å². The zero-order valence-electron chi connectivity index (χ0n) is 37.0. The van der Waals surface area contributed by atoms with E-state index in [0.717, 1.165) is 57.8 Å². The Kier molecular flexibility index (Phi) is 29.4. The Labute approximate surface area is 396 Å². The van der Waals surface area contributed by atoms with Gasteiger partial charge in [0.1, 0.15) is 5.75 Å². The first-order chi connectivity index (χ1) is 28.3. The van der Waals surface area contributed by atoms with Crippen LogP contribution in [0.5, 0.6) is 0 Å². The van der Waals surface area contributed by atoms with Crippen LogP contribution in [-0.4, -0.2) is 128 Å². The van der Waals surface area contributed by atoms with Crippen LogP contribution in [0.3, 0.4) is 0 Å². The van der Waals surface area contributed by atoms with E-state index in [1.54, 1.807) is 11.8 Å². The van der Waals surface area contributed by atoms with E-state index >= 15 is 0 Å². The molecule has 22 heteroatoms. The van der Waals surface area contributed by atoms with Crippen molar-refractivity contribution in [2.45, 2.75) is 185 Å². The molecule has 0 amide bonds. The van der Waals surface area contributed by atoms with Crippen LogP contribution in [0.2, 0.25) is 0 Å². The molecule has 0 radical (unpaired) electrons. The monoisotopic (exact) mass is 994 g/mol. The number of alkyl halides is 2. The van der Waals surface area contributed by atoms with E-state index in [4.69, 9.17) is 28.3 Å². The summed E-state index contributed by atoms with van der Waals surface area (Å²) in [7, 11) is -6.14. The first-order valence-corrected chi connectivity index (χ1v) is 28.2. The second kappa shape index (κ2) is 29.8. The van der Waals surface area contributed by atoms with Crippen molar-refractivity contribution in [3.05, 3.63) is 0 Å². The molecular formula is C40H69Cl2LiO15S4. The van der Waals surface area contributed by atoms with Gasteiger partial charge in [-0.3, -0.25) is 19.2 Å². The van der Waals surface area contributed by atoms with Gasteiger partial charge in [-0.05, 0) is 77.0 Å². The van der Waals surface area contributed by atoms with Gasteiger partial charge in [-0.15, -0.1) is 35.0 Å². The van der Waals surface area contributed by atoms with Gasteiger partial charge >= 0.3 is 42.7 Å². The summed E-state index contributed by atoms with van der Waals surface area (Å²) in [5, 5.41) is 8.85. The van der Waals surface area contributed by atoms with Crippen molar-refractivity contribution in [2.24, 2.45) is 0 Å². The fraction of sp³-hybridized carbons (Fsp3) is 0.900. The van der Waals surface area contributed by atoms with Gasteiger partial charge in [0.25, 0.3) is 0 Å². The third kappa shape index (κ3) is 18.1. The molecule has 0 bridgehead atoms. The number of aliphatic carboxylic acids is 1. The molecule has 0 heterocycles. The number of esters is 3. The van der Waals surface area contributed by atoms with Crippen molar-refractivity contribution in [1.82, 2.24) is 0 Å². The average molecular weight is 996 g/mol. The Hall–Kier alpha value is -0.783. The number of carboxylic acid groups (broad SMARTS) is 1. The fourth-order valence-electron chi connectivity index (χ4n) is 8.27. The predicted octanol–water partition coefficient (Wildman–Crippen LogP) is 4.17. The number of halogens is 2. The number of hydrogen-bond donors (Lipinski definition) is 1. The minimum absolute atomic E-state index is 0. The van der Waals surface area contributed by atoms with E-state index in [2.05, 4.69) is 14.2 Å². The van der Waals surface area contributed by atoms with E-state index in [-0.39, 0.29) is 46.1 Å². The Balaban J connectivity index is 0.000000778. The first-order valence-electron chi connectivity index (χ1n) is 21.2. The molecule has 0 unspecified atom stereocenters. The van der Waals surface area contributed by atoms with Crippen molar-refractivity contribution < 1.29 is 88.1 Å². The third-order valence-corrected chi connectivity index (χ3v) is 21.8. The smallest absolute Gasteiger partial charge is 0.870 e. The fourth-order valence-corrected chi connectivity index (χ4v) is 16.2. The van der Waals surface area contributed by atoms with Gasteiger partial charge in [0.05, 0.1) is 48.2 Å². The van der Waals surface area contributed by atoms with E-state index in [9.17, 15) is 44.4 Å². The standard InChI is InChI=1S/C11H18O4S.C10H16O4S.C9H16O4S.C9H16O2S.CH2Cl2.Li.H2O/c1-15-10(12)11(7-8-11)16(13,14)9-5-3-2-4-6-9;11-9(12)10(6-7-10)15(13,14)8-4-2-1-3-5-8;1-13-9(10)7-14(11,12)8-5-3-2-4-6-8;1-11-9(10)7-12-8-5-3-2-4-6-8;2-1-3;;/h9H,2-8H2,1H3;8H,1-7H2,(H,11,12);8H,2-7H2,1H3;8H,2-7H2,1H3;1H2;;1H2/q;;;;;+1;/p-1. The molecular weight excluding hydrogens is 927 g/mol. The van der Waals surface area contributed by atoms with Crippen molar-refractivity contribution in [3.63, 3.8) is 0 Å². The molecule has 2 N–H and O–H groups in total. The number of sulfone groups is 3. The number of carboxylic acids is 1. The Morgan fingerprint density at radius 2 is 0.903 bits per heavy atom. The number of ether oxygens (including phenoxy) is 3. The summed E-state index contributed by atoms with van der Waals surface area (Å²) < 4.78 is 83.3.